The van der Waals surface area contributed by atoms with Gasteiger partial charge in [0.25, 0.3) is 0 Å². The highest BCUT2D eigenvalue weighted by atomic mass is 32.1. The topological polar surface area (TPSA) is 42.0 Å². The number of carbonyl (C=O) groups is 1. The van der Waals surface area contributed by atoms with Crippen LogP contribution in [-0.2, 0) is 11.2 Å². The molecule has 1 amide bonds. The van der Waals surface area contributed by atoms with E-state index in [4.69, 9.17) is 0 Å². The van der Waals surface area contributed by atoms with Crippen molar-refractivity contribution in [3.8, 4) is 11.3 Å². The normalized spacial score (nSPS) is 11.4. The third-order valence-electron chi connectivity index (χ3n) is 2.78. The van der Waals surface area contributed by atoms with Gasteiger partial charge in [-0.1, -0.05) is 29.8 Å². The molecule has 0 spiro atoms. The van der Waals surface area contributed by atoms with E-state index < -0.39 is 12.1 Å². The summed E-state index contributed by atoms with van der Waals surface area (Å²) in [6.45, 7) is 1.90. The average Bonchev–Trinajstić information content (AvgIpc) is 2.87. The minimum absolute atomic E-state index is 0.0841. The van der Waals surface area contributed by atoms with Gasteiger partial charge in [-0.2, -0.15) is 13.2 Å². The van der Waals surface area contributed by atoms with Crippen molar-refractivity contribution in [2.75, 3.05) is 6.54 Å². The fourth-order valence-corrected chi connectivity index (χ4v) is 2.47. The summed E-state index contributed by atoms with van der Waals surface area (Å²) >= 11 is 1.36. The average molecular weight is 314 g/mol. The number of amides is 1. The van der Waals surface area contributed by atoms with Gasteiger partial charge in [-0.3, -0.25) is 4.79 Å². The van der Waals surface area contributed by atoms with Crippen LogP contribution in [0.2, 0.25) is 0 Å². The smallest absolute Gasteiger partial charge is 0.348 e. The van der Waals surface area contributed by atoms with Crippen molar-refractivity contribution in [3.05, 3.63) is 40.2 Å². The Hall–Kier alpha value is -1.89. The van der Waals surface area contributed by atoms with Crippen LogP contribution in [0.3, 0.4) is 0 Å². The van der Waals surface area contributed by atoms with Gasteiger partial charge in [-0.25, -0.2) is 4.98 Å². The van der Waals surface area contributed by atoms with Gasteiger partial charge in [0.05, 0.1) is 10.7 Å². The summed E-state index contributed by atoms with van der Waals surface area (Å²) in [5.41, 5.74) is 2.89. The molecule has 0 aliphatic carbocycles. The van der Waals surface area contributed by atoms with E-state index in [9.17, 15) is 18.0 Å². The largest absolute Gasteiger partial charge is 0.471 e. The van der Waals surface area contributed by atoms with E-state index in [1.807, 2.05) is 41.9 Å². The maximum atomic E-state index is 12.0. The van der Waals surface area contributed by atoms with Gasteiger partial charge in [0.2, 0.25) is 0 Å². The van der Waals surface area contributed by atoms with Crippen molar-refractivity contribution < 1.29 is 18.0 Å². The summed E-state index contributed by atoms with van der Waals surface area (Å²) in [6.07, 6.45) is -4.56. The van der Waals surface area contributed by atoms with E-state index in [-0.39, 0.29) is 13.0 Å². The van der Waals surface area contributed by atoms with E-state index in [0.29, 0.717) is 5.01 Å². The number of nitrogens with one attached hydrogen (secondary N) is 1. The first-order chi connectivity index (χ1) is 9.86. The summed E-state index contributed by atoms with van der Waals surface area (Å²) in [5, 5.41) is 4.37. The molecule has 0 unspecified atom stereocenters. The van der Waals surface area contributed by atoms with E-state index in [0.717, 1.165) is 16.8 Å². The van der Waals surface area contributed by atoms with Gasteiger partial charge in [-0.15, -0.1) is 11.3 Å². The molecule has 1 aromatic heterocycles. The number of thiazole rings is 1. The summed E-state index contributed by atoms with van der Waals surface area (Å²) in [7, 11) is 0. The number of rotatable bonds is 4. The molecule has 0 bridgehead atoms. The van der Waals surface area contributed by atoms with Crippen LogP contribution in [0.5, 0.6) is 0 Å². The number of carbonyl (C=O) groups excluding carboxylic acids is 1. The second-order valence-electron chi connectivity index (χ2n) is 4.50. The van der Waals surface area contributed by atoms with Gasteiger partial charge in [0.15, 0.2) is 0 Å². The highest BCUT2D eigenvalue weighted by Gasteiger charge is 2.38. The SMILES string of the molecule is Cc1ccc(-c2csc(CCNC(=O)C(F)(F)F)n2)cc1. The number of halogens is 3. The Kier molecular flexibility index (Phi) is 4.62. The predicted octanol–water partition coefficient (Wildman–Crippen LogP) is 3.34. The van der Waals surface area contributed by atoms with Crippen molar-refractivity contribution in [1.82, 2.24) is 10.3 Å². The Labute approximate surface area is 123 Å². The third kappa shape index (κ3) is 4.29. The number of nitrogens with zero attached hydrogens (tertiary/aromatic N) is 1. The first-order valence-electron chi connectivity index (χ1n) is 6.23. The maximum Gasteiger partial charge on any atom is 0.471 e. The Morgan fingerprint density at radius 1 is 1.29 bits per heavy atom. The molecule has 1 N–H and O–H groups in total. The molecule has 3 nitrogen and oxygen atoms in total. The van der Waals surface area contributed by atoms with Crippen LogP contribution < -0.4 is 5.32 Å². The molecule has 112 valence electrons. The monoisotopic (exact) mass is 314 g/mol. The molecule has 1 aromatic carbocycles. The number of aryl methyl sites for hydroxylation is 1. The molecule has 0 aliphatic rings. The highest BCUT2D eigenvalue weighted by Crippen LogP contribution is 2.22. The Balaban J connectivity index is 1.92. The number of hydrogen-bond donors (Lipinski definition) is 1. The lowest BCUT2D eigenvalue weighted by atomic mass is 10.1. The highest BCUT2D eigenvalue weighted by molar-refractivity contribution is 7.09. The molecular weight excluding hydrogens is 301 g/mol. The zero-order valence-electron chi connectivity index (χ0n) is 11.2. The van der Waals surface area contributed by atoms with Crippen LogP contribution in [0.15, 0.2) is 29.6 Å². The minimum atomic E-state index is -4.84. The molecule has 0 aliphatic heterocycles. The molecular formula is C14H13F3N2OS. The first-order valence-corrected chi connectivity index (χ1v) is 7.10. The molecule has 21 heavy (non-hydrogen) atoms. The number of aromatic nitrogens is 1. The van der Waals surface area contributed by atoms with Crippen LogP contribution >= 0.6 is 11.3 Å². The minimum Gasteiger partial charge on any atom is -0.348 e. The second kappa shape index (κ2) is 6.26. The van der Waals surface area contributed by atoms with Crippen LogP contribution in [0.4, 0.5) is 13.2 Å². The standard InChI is InChI=1S/C14H13F3N2OS/c1-9-2-4-10(5-3-9)11-8-21-12(19-11)6-7-18-13(20)14(15,16)17/h2-5,8H,6-7H2,1H3,(H,18,20). The van der Waals surface area contributed by atoms with Crippen molar-refractivity contribution in [3.63, 3.8) is 0 Å². The van der Waals surface area contributed by atoms with E-state index >= 15 is 0 Å². The summed E-state index contributed by atoms with van der Waals surface area (Å²) in [4.78, 5) is 15.0. The molecule has 0 radical (unpaired) electrons. The Morgan fingerprint density at radius 2 is 1.95 bits per heavy atom. The van der Waals surface area contributed by atoms with Gasteiger partial charge in [0.1, 0.15) is 0 Å². The molecule has 2 rings (SSSR count). The van der Waals surface area contributed by atoms with Crippen LogP contribution in [0.1, 0.15) is 10.6 Å². The Morgan fingerprint density at radius 3 is 2.57 bits per heavy atom. The molecule has 2 aromatic rings. The molecule has 0 saturated heterocycles. The van der Waals surface area contributed by atoms with E-state index in [1.54, 1.807) is 0 Å². The predicted molar refractivity (Wildman–Crippen MR) is 75.1 cm³/mol. The number of hydrogen-bond acceptors (Lipinski definition) is 3. The second-order valence-corrected chi connectivity index (χ2v) is 5.44. The lowest BCUT2D eigenvalue weighted by molar-refractivity contribution is -0.173. The molecule has 7 heteroatoms. The third-order valence-corrected chi connectivity index (χ3v) is 3.69. The fourth-order valence-electron chi connectivity index (χ4n) is 1.67. The molecule has 0 saturated carbocycles. The lowest BCUT2D eigenvalue weighted by Gasteiger charge is -2.06. The van der Waals surface area contributed by atoms with Crippen molar-refractivity contribution >= 4 is 17.2 Å². The quantitative estimate of drug-likeness (QED) is 0.940. The van der Waals surface area contributed by atoms with Crippen LogP contribution in [0, 0.1) is 6.92 Å². The molecule has 1 heterocycles. The van der Waals surface area contributed by atoms with E-state index in [2.05, 4.69) is 4.98 Å². The van der Waals surface area contributed by atoms with Gasteiger partial charge >= 0.3 is 12.1 Å². The number of alkyl halides is 3. The zero-order chi connectivity index (χ0) is 15.5. The van der Waals surface area contributed by atoms with Crippen molar-refractivity contribution in [1.29, 1.82) is 0 Å². The summed E-state index contributed by atoms with van der Waals surface area (Å²) < 4.78 is 36.0. The molecule has 0 fully saturated rings. The van der Waals surface area contributed by atoms with Crippen molar-refractivity contribution in [2.45, 2.75) is 19.5 Å². The maximum absolute atomic E-state index is 12.0. The summed E-state index contributed by atoms with van der Waals surface area (Å²) in [5.74, 6) is -1.92. The van der Waals surface area contributed by atoms with Gasteiger partial charge < -0.3 is 5.32 Å². The van der Waals surface area contributed by atoms with Crippen molar-refractivity contribution in [2.24, 2.45) is 0 Å². The van der Waals surface area contributed by atoms with Gasteiger partial charge in [-0.05, 0) is 6.92 Å². The first kappa shape index (κ1) is 15.5. The Bertz CT molecular complexity index is 620. The van der Waals surface area contributed by atoms with Crippen LogP contribution in [0.25, 0.3) is 11.3 Å². The molecule has 0 atom stereocenters. The zero-order valence-corrected chi connectivity index (χ0v) is 12.0. The van der Waals surface area contributed by atoms with Crippen LogP contribution in [-0.4, -0.2) is 23.6 Å². The van der Waals surface area contributed by atoms with E-state index in [1.165, 1.54) is 11.3 Å². The number of benzene rings is 1. The summed E-state index contributed by atoms with van der Waals surface area (Å²) in [6, 6.07) is 7.83. The fraction of sp³-hybridized carbons (Fsp3) is 0.286. The lowest BCUT2D eigenvalue weighted by Crippen LogP contribution is -2.37. The van der Waals surface area contributed by atoms with Gasteiger partial charge in [0, 0.05) is 23.9 Å².